The topological polar surface area (TPSA) is 64.0 Å². The molecule has 1 amide bonds. The van der Waals surface area contributed by atoms with Gasteiger partial charge in [-0.05, 0) is 29.7 Å². The first-order valence-corrected chi connectivity index (χ1v) is 9.74. The summed E-state index contributed by atoms with van der Waals surface area (Å²) in [6.45, 7) is 4.45. The number of nitrogens with one attached hydrogen (secondary N) is 1. The van der Waals surface area contributed by atoms with E-state index in [9.17, 15) is 9.59 Å². The van der Waals surface area contributed by atoms with E-state index >= 15 is 0 Å². The first kappa shape index (κ1) is 19.3. The van der Waals surface area contributed by atoms with E-state index < -0.39 is 0 Å². The second kappa shape index (κ2) is 8.48. The van der Waals surface area contributed by atoms with Gasteiger partial charge in [-0.3, -0.25) is 14.2 Å². The molecule has 0 saturated heterocycles. The summed E-state index contributed by atoms with van der Waals surface area (Å²) >= 11 is 3.38. The normalized spacial score (nSPS) is 12.3. The molecule has 0 saturated carbocycles. The Balaban J connectivity index is 1.71. The highest BCUT2D eigenvalue weighted by atomic mass is 79.9. The van der Waals surface area contributed by atoms with Crippen molar-refractivity contribution in [3.05, 3.63) is 75.2 Å². The zero-order valence-electron chi connectivity index (χ0n) is 15.4. The number of hydrogen-bond acceptors (Lipinski definition) is 3. The molecule has 1 aromatic heterocycles. The maximum atomic E-state index is 12.6. The Hall–Kier alpha value is -2.47. The van der Waals surface area contributed by atoms with Gasteiger partial charge in [0.1, 0.15) is 0 Å². The Kier molecular flexibility index (Phi) is 6.06. The Morgan fingerprint density at radius 2 is 1.93 bits per heavy atom. The van der Waals surface area contributed by atoms with Crippen molar-refractivity contribution in [3.63, 3.8) is 0 Å². The lowest BCUT2D eigenvalue weighted by atomic mass is 9.96. The van der Waals surface area contributed by atoms with E-state index in [1.54, 1.807) is 12.1 Å². The number of carbonyl (C=O) groups excluding carboxylic acids is 1. The summed E-state index contributed by atoms with van der Waals surface area (Å²) < 4.78 is 2.31. The summed E-state index contributed by atoms with van der Waals surface area (Å²) in [5, 5.41) is 3.63. The molecule has 1 heterocycles. The zero-order valence-corrected chi connectivity index (χ0v) is 16.9. The minimum Gasteiger partial charge on any atom is -0.349 e. The highest BCUT2D eigenvalue weighted by Crippen LogP contribution is 2.21. The molecule has 3 rings (SSSR count). The van der Waals surface area contributed by atoms with Crippen LogP contribution in [0.2, 0.25) is 0 Å². The van der Waals surface area contributed by atoms with Crippen LogP contribution in [0.5, 0.6) is 0 Å². The van der Waals surface area contributed by atoms with Crippen molar-refractivity contribution in [3.8, 4) is 0 Å². The monoisotopic (exact) mass is 427 g/mol. The number of nitrogens with zero attached hydrogens (tertiary/aromatic N) is 2. The smallest absolute Gasteiger partial charge is 0.261 e. The van der Waals surface area contributed by atoms with Crippen LogP contribution in [0.15, 0.2) is 64.1 Å². The van der Waals surface area contributed by atoms with Crippen molar-refractivity contribution < 1.29 is 4.79 Å². The number of aromatic nitrogens is 2. The van der Waals surface area contributed by atoms with Gasteiger partial charge >= 0.3 is 0 Å². The van der Waals surface area contributed by atoms with Crippen LogP contribution in [0.1, 0.15) is 31.9 Å². The lowest BCUT2D eigenvalue weighted by molar-refractivity contribution is -0.122. The van der Waals surface area contributed by atoms with E-state index in [1.807, 2.05) is 36.4 Å². The van der Waals surface area contributed by atoms with Gasteiger partial charge in [-0.2, -0.15) is 0 Å². The Labute approximate surface area is 166 Å². The average Bonchev–Trinajstić information content (AvgIpc) is 2.66. The fourth-order valence-corrected chi connectivity index (χ4v) is 3.41. The molecule has 0 fully saturated rings. The SMILES string of the molecule is CC(C)C(NC(=O)CCn1cnc2ccc(Br)cc2c1=O)c1ccccc1. The second-order valence-corrected chi connectivity index (χ2v) is 7.77. The summed E-state index contributed by atoms with van der Waals surface area (Å²) in [5.41, 5.74) is 1.58. The largest absolute Gasteiger partial charge is 0.349 e. The quantitative estimate of drug-likeness (QED) is 0.644. The van der Waals surface area contributed by atoms with Gasteiger partial charge in [0.05, 0.1) is 23.3 Å². The molecule has 1 N–H and O–H groups in total. The number of aryl methyl sites for hydroxylation is 1. The van der Waals surface area contributed by atoms with Gasteiger partial charge in [0.25, 0.3) is 5.56 Å². The fraction of sp³-hybridized carbons (Fsp3) is 0.286. The van der Waals surface area contributed by atoms with Crippen LogP contribution in [0.25, 0.3) is 10.9 Å². The fourth-order valence-electron chi connectivity index (χ4n) is 3.05. The molecule has 2 aromatic carbocycles. The third-order valence-electron chi connectivity index (χ3n) is 4.51. The van der Waals surface area contributed by atoms with Crippen LogP contribution in [0.4, 0.5) is 0 Å². The van der Waals surface area contributed by atoms with Crippen molar-refractivity contribution >= 4 is 32.7 Å². The molecule has 140 valence electrons. The first-order chi connectivity index (χ1) is 13.0. The summed E-state index contributed by atoms with van der Waals surface area (Å²) in [6, 6.07) is 15.3. The van der Waals surface area contributed by atoms with Crippen molar-refractivity contribution in [2.24, 2.45) is 5.92 Å². The van der Waals surface area contributed by atoms with Crippen molar-refractivity contribution in [1.29, 1.82) is 0 Å². The number of rotatable bonds is 6. The van der Waals surface area contributed by atoms with Crippen LogP contribution in [-0.4, -0.2) is 15.5 Å². The lowest BCUT2D eigenvalue weighted by Gasteiger charge is -2.23. The van der Waals surface area contributed by atoms with Crippen molar-refractivity contribution in [2.45, 2.75) is 32.9 Å². The standard InChI is InChI=1S/C21H22BrN3O2/c1-14(2)20(15-6-4-3-5-7-15)24-19(26)10-11-25-13-23-18-9-8-16(22)12-17(18)21(25)27/h3-9,12-14,20H,10-11H2,1-2H3,(H,24,26). The van der Waals surface area contributed by atoms with Crippen molar-refractivity contribution in [1.82, 2.24) is 14.9 Å². The Morgan fingerprint density at radius 1 is 1.19 bits per heavy atom. The summed E-state index contributed by atoms with van der Waals surface area (Å²) in [6.07, 6.45) is 1.72. The van der Waals surface area contributed by atoms with Crippen LogP contribution in [0, 0.1) is 5.92 Å². The summed E-state index contributed by atoms with van der Waals surface area (Å²) in [5.74, 6) is 0.178. The van der Waals surface area contributed by atoms with Gasteiger partial charge in [-0.15, -0.1) is 0 Å². The molecule has 0 spiro atoms. The molecule has 3 aromatic rings. The van der Waals surface area contributed by atoms with E-state index in [4.69, 9.17) is 0 Å². The predicted molar refractivity (Wildman–Crippen MR) is 110 cm³/mol. The maximum Gasteiger partial charge on any atom is 0.261 e. The van der Waals surface area contributed by atoms with Crippen LogP contribution >= 0.6 is 15.9 Å². The van der Waals surface area contributed by atoms with Crippen LogP contribution < -0.4 is 10.9 Å². The number of amides is 1. The molecule has 27 heavy (non-hydrogen) atoms. The van der Waals surface area contributed by atoms with Crippen LogP contribution in [0.3, 0.4) is 0 Å². The molecule has 0 bridgehead atoms. The Morgan fingerprint density at radius 3 is 2.63 bits per heavy atom. The van der Waals surface area contributed by atoms with Gasteiger partial charge in [0.15, 0.2) is 0 Å². The molecule has 0 aliphatic rings. The molecule has 1 atom stereocenters. The molecule has 5 nitrogen and oxygen atoms in total. The van der Waals surface area contributed by atoms with Gasteiger partial charge in [0.2, 0.25) is 5.91 Å². The first-order valence-electron chi connectivity index (χ1n) is 8.94. The number of fused-ring (bicyclic) bond motifs is 1. The third kappa shape index (κ3) is 4.63. The minimum atomic E-state index is -0.141. The van der Waals surface area contributed by atoms with Crippen LogP contribution in [-0.2, 0) is 11.3 Å². The highest BCUT2D eigenvalue weighted by Gasteiger charge is 2.18. The summed E-state index contributed by atoms with van der Waals surface area (Å²) in [7, 11) is 0. The zero-order chi connectivity index (χ0) is 19.4. The molecular formula is C21H22BrN3O2. The minimum absolute atomic E-state index is 0.0545. The van der Waals surface area contributed by atoms with Gasteiger partial charge in [-0.1, -0.05) is 60.1 Å². The predicted octanol–water partition coefficient (Wildman–Crippen LogP) is 4.06. The van der Waals surface area contributed by atoms with E-state index in [0.29, 0.717) is 17.4 Å². The van der Waals surface area contributed by atoms with Gasteiger partial charge < -0.3 is 5.32 Å². The number of carbonyl (C=O) groups is 1. The van der Waals surface area contributed by atoms with Gasteiger partial charge in [-0.25, -0.2) is 4.98 Å². The molecular weight excluding hydrogens is 406 g/mol. The van der Waals surface area contributed by atoms with E-state index in [0.717, 1.165) is 10.0 Å². The summed E-state index contributed by atoms with van der Waals surface area (Å²) in [4.78, 5) is 29.4. The third-order valence-corrected chi connectivity index (χ3v) is 5.00. The van der Waals surface area contributed by atoms with Crippen molar-refractivity contribution in [2.75, 3.05) is 0 Å². The molecule has 0 aliphatic carbocycles. The maximum absolute atomic E-state index is 12.6. The molecule has 1 unspecified atom stereocenters. The lowest BCUT2D eigenvalue weighted by Crippen LogP contribution is -2.33. The molecule has 0 radical (unpaired) electrons. The highest BCUT2D eigenvalue weighted by molar-refractivity contribution is 9.10. The van der Waals surface area contributed by atoms with Gasteiger partial charge in [0, 0.05) is 17.4 Å². The van der Waals surface area contributed by atoms with E-state index in [1.165, 1.54) is 10.9 Å². The molecule has 0 aliphatic heterocycles. The second-order valence-electron chi connectivity index (χ2n) is 6.85. The molecule has 6 heteroatoms. The van der Waals surface area contributed by atoms with E-state index in [-0.39, 0.29) is 29.8 Å². The van der Waals surface area contributed by atoms with E-state index in [2.05, 4.69) is 40.1 Å². The number of hydrogen-bond donors (Lipinski definition) is 1. The average molecular weight is 428 g/mol. The number of halogens is 1. The Bertz CT molecular complexity index is 999. The number of benzene rings is 2.